The van der Waals surface area contributed by atoms with Crippen molar-refractivity contribution in [3.05, 3.63) is 126 Å². The molecule has 6 rings (SSSR count). The molecule has 0 saturated heterocycles. The van der Waals surface area contributed by atoms with Gasteiger partial charge in [-0.25, -0.2) is 4.79 Å². The summed E-state index contributed by atoms with van der Waals surface area (Å²) in [6.45, 7) is 14.2. The first-order valence-electron chi connectivity index (χ1n) is 13.7. The molecule has 0 unspecified atom stereocenters. The van der Waals surface area contributed by atoms with E-state index in [1.165, 1.54) is 34.4 Å². The van der Waals surface area contributed by atoms with Crippen molar-refractivity contribution < 1.29 is 13.9 Å². The van der Waals surface area contributed by atoms with Gasteiger partial charge in [0.25, 0.3) is 0 Å². The van der Waals surface area contributed by atoms with Gasteiger partial charge in [0.15, 0.2) is 5.43 Å². The van der Waals surface area contributed by atoms with Crippen LogP contribution in [0.1, 0.15) is 51.9 Å². The van der Waals surface area contributed by atoms with Crippen molar-refractivity contribution in [2.45, 2.75) is 62.5 Å². The van der Waals surface area contributed by atoms with Gasteiger partial charge in [-0.05, 0) is 123 Å². The van der Waals surface area contributed by atoms with Crippen molar-refractivity contribution in [2.75, 3.05) is 0 Å². The zero-order chi connectivity index (χ0) is 29.6. The Bertz CT molecular complexity index is 2040. The molecule has 0 saturated carbocycles. The molecule has 0 fully saturated rings. The molecule has 1 N–H and O–H groups in total. The fourth-order valence-corrected chi connectivity index (χ4v) is 5.48. The number of hydrogen-bond acceptors (Lipinski definition) is 5. The third kappa shape index (κ3) is 5.28. The summed E-state index contributed by atoms with van der Waals surface area (Å²) in [6, 6.07) is 18.5. The van der Waals surface area contributed by atoms with Crippen molar-refractivity contribution in [2.24, 2.45) is 0 Å². The average molecular weight is 563 g/mol. The first-order chi connectivity index (χ1) is 19.5. The van der Waals surface area contributed by atoms with E-state index in [-0.39, 0.29) is 25.1 Å². The van der Waals surface area contributed by atoms with Crippen LogP contribution in [0.25, 0.3) is 44.4 Å². The largest absolute Gasteiger partial charge is 0.456 e. The molecule has 3 aromatic carbocycles. The van der Waals surface area contributed by atoms with Gasteiger partial charge in [-0.1, -0.05) is 31.7 Å². The Hall–Kier alpha value is -4.48. The van der Waals surface area contributed by atoms with Crippen LogP contribution in [0.4, 0.5) is 0 Å². The van der Waals surface area contributed by atoms with Crippen LogP contribution in [-0.4, -0.2) is 5.11 Å². The summed E-state index contributed by atoms with van der Waals surface area (Å²) in [7, 11) is 0. The molecule has 5 nitrogen and oxygen atoms in total. The molecule has 42 heavy (non-hydrogen) atoms. The number of fused-ring (bicyclic) bond motifs is 3. The zero-order valence-corrected chi connectivity index (χ0v) is 24.6. The van der Waals surface area contributed by atoms with E-state index in [9.17, 15) is 14.7 Å². The second-order valence-corrected chi connectivity index (χ2v) is 10.8. The highest BCUT2D eigenvalue weighted by molar-refractivity contribution is 6.04. The van der Waals surface area contributed by atoms with Crippen LogP contribution in [0.15, 0.2) is 79.1 Å². The van der Waals surface area contributed by atoms with E-state index in [0.29, 0.717) is 5.76 Å². The second-order valence-electron chi connectivity index (χ2n) is 10.8. The van der Waals surface area contributed by atoms with Gasteiger partial charge < -0.3 is 13.9 Å². The molecule has 0 atom stereocenters. The van der Waals surface area contributed by atoms with Gasteiger partial charge in [0.2, 0.25) is 0 Å². The molecule has 0 amide bonds. The summed E-state index contributed by atoms with van der Waals surface area (Å²) < 4.78 is 11.4. The minimum Gasteiger partial charge on any atom is -0.456 e. The van der Waals surface area contributed by atoms with Crippen LogP contribution in [-0.2, 0) is 6.61 Å². The normalized spacial score (nSPS) is 11.0. The Morgan fingerprint density at radius 3 is 1.86 bits per heavy atom. The Labute approximate surface area is 246 Å². The SMILES string of the molecule is C.Cc1cc2c(-c3ccccc3CO)c3ccc(=O)cc-3oc2c(C)c1C.Cc1cc2c(C)cc(=O)oc2c(C)c1C. The number of aliphatic hydroxyl groups is 1. The third-order valence-corrected chi connectivity index (χ3v) is 8.32. The first kappa shape index (κ1) is 30.5. The molecule has 1 aromatic heterocycles. The van der Waals surface area contributed by atoms with E-state index in [1.54, 1.807) is 6.07 Å². The van der Waals surface area contributed by atoms with Crippen LogP contribution in [0.2, 0.25) is 0 Å². The fourth-order valence-electron chi connectivity index (χ4n) is 5.48. The predicted octanol–water partition coefficient (Wildman–Crippen LogP) is 8.65. The maximum atomic E-state index is 11.9. The van der Waals surface area contributed by atoms with Gasteiger partial charge >= 0.3 is 5.63 Å². The summed E-state index contributed by atoms with van der Waals surface area (Å²) in [4.78, 5) is 23.2. The first-order valence-corrected chi connectivity index (χ1v) is 13.7. The smallest absolute Gasteiger partial charge is 0.336 e. The monoisotopic (exact) mass is 562 g/mol. The highest BCUT2D eigenvalue weighted by atomic mass is 16.4. The van der Waals surface area contributed by atoms with Crippen LogP contribution < -0.4 is 11.1 Å². The van der Waals surface area contributed by atoms with E-state index in [2.05, 4.69) is 32.9 Å². The minimum atomic E-state index is -0.272. The highest BCUT2D eigenvalue weighted by Gasteiger charge is 2.21. The fraction of sp³-hybridized carbons (Fsp3) is 0.243. The molecule has 5 heteroatoms. The summed E-state index contributed by atoms with van der Waals surface area (Å²) in [5, 5.41) is 11.9. The molecule has 0 spiro atoms. The summed E-state index contributed by atoms with van der Waals surface area (Å²) >= 11 is 0. The average Bonchev–Trinajstić information content (AvgIpc) is 2.95. The third-order valence-electron chi connectivity index (χ3n) is 8.32. The molecule has 2 aliphatic rings. The highest BCUT2D eigenvalue weighted by Crippen LogP contribution is 2.43. The lowest BCUT2D eigenvalue weighted by molar-refractivity contribution is 0.282. The lowest BCUT2D eigenvalue weighted by Gasteiger charge is -2.19. The van der Waals surface area contributed by atoms with E-state index < -0.39 is 0 Å². The van der Waals surface area contributed by atoms with Crippen LogP contribution in [0, 0.1) is 48.5 Å². The molecule has 2 heterocycles. The van der Waals surface area contributed by atoms with E-state index in [1.807, 2.05) is 58.0 Å². The zero-order valence-electron chi connectivity index (χ0n) is 24.6. The van der Waals surface area contributed by atoms with Crippen molar-refractivity contribution >= 4 is 21.9 Å². The summed E-state index contributed by atoms with van der Waals surface area (Å²) in [5.74, 6) is 0.569. The topological polar surface area (TPSA) is 80.6 Å². The lowest BCUT2D eigenvalue weighted by atomic mass is 9.88. The molecular weight excluding hydrogens is 524 g/mol. The number of hydrogen-bond donors (Lipinski definition) is 1. The maximum absolute atomic E-state index is 11.9. The van der Waals surface area contributed by atoms with Crippen molar-refractivity contribution in [1.29, 1.82) is 0 Å². The van der Waals surface area contributed by atoms with E-state index >= 15 is 0 Å². The molecule has 216 valence electrons. The summed E-state index contributed by atoms with van der Waals surface area (Å²) in [6.07, 6.45) is 0. The Kier molecular flexibility index (Phi) is 8.55. The number of aryl methyl sites for hydroxylation is 5. The van der Waals surface area contributed by atoms with Crippen LogP contribution in [0.3, 0.4) is 0 Å². The van der Waals surface area contributed by atoms with Crippen molar-refractivity contribution in [3.63, 3.8) is 0 Å². The minimum absolute atomic E-state index is 0. The number of aliphatic hydroxyl groups excluding tert-OH is 1. The lowest BCUT2D eigenvalue weighted by Crippen LogP contribution is -2.02. The Morgan fingerprint density at radius 1 is 0.619 bits per heavy atom. The van der Waals surface area contributed by atoms with Gasteiger partial charge in [-0.15, -0.1) is 0 Å². The molecule has 1 aliphatic carbocycles. The molecule has 0 bridgehead atoms. The predicted molar refractivity (Wildman–Crippen MR) is 173 cm³/mol. The molecular formula is C37H38O5. The Morgan fingerprint density at radius 2 is 1.21 bits per heavy atom. The van der Waals surface area contributed by atoms with Gasteiger partial charge in [-0.2, -0.15) is 0 Å². The van der Waals surface area contributed by atoms with Gasteiger partial charge in [0, 0.05) is 34.0 Å². The standard InChI is InChI=1S/C23H20O3.C13H14O2.CH4/c1-13-10-20-22(18-7-5-4-6-16(18)12-24)19-9-8-17(25)11-21(19)26-23(20)15(3)14(13)2;1-7-5-11-8(2)6-12(14)15-13(11)10(4)9(7)3;/h4-11,24H,12H2,1-3H3;5-6H,1-4H3;1H4. The quantitative estimate of drug-likeness (QED) is 0.169. The Balaban J connectivity index is 0.000000216. The summed E-state index contributed by atoms with van der Waals surface area (Å²) in [5.41, 5.74) is 12.7. The second kappa shape index (κ2) is 11.8. The van der Waals surface area contributed by atoms with E-state index in [0.717, 1.165) is 60.9 Å². The van der Waals surface area contributed by atoms with Crippen molar-refractivity contribution in [1.82, 2.24) is 0 Å². The maximum Gasteiger partial charge on any atom is 0.336 e. The number of rotatable bonds is 2. The van der Waals surface area contributed by atoms with E-state index in [4.69, 9.17) is 8.83 Å². The van der Waals surface area contributed by atoms with Gasteiger partial charge in [0.1, 0.15) is 16.9 Å². The number of benzene rings is 4. The van der Waals surface area contributed by atoms with Gasteiger partial charge in [-0.3, -0.25) is 4.79 Å². The molecule has 1 aliphatic heterocycles. The van der Waals surface area contributed by atoms with Crippen LogP contribution in [0.5, 0.6) is 0 Å². The van der Waals surface area contributed by atoms with Crippen LogP contribution >= 0.6 is 0 Å². The van der Waals surface area contributed by atoms with Crippen molar-refractivity contribution in [3.8, 4) is 22.5 Å². The molecule has 0 radical (unpaired) electrons. The molecule has 4 aromatic rings. The van der Waals surface area contributed by atoms with Gasteiger partial charge in [0.05, 0.1) is 6.61 Å².